The zero-order valence-electron chi connectivity index (χ0n) is 33.5. The van der Waals surface area contributed by atoms with E-state index in [0.29, 0.717) is 46.0 Å². The molecule has 0 fully saturated rings. The molecule has 286 valence electrons. The van der Waals surface area contributed by atoms with Crippen LogP contribution in [0.3, 0.4) is 0 Å². The molecule has 6 aromatic rings. The van der Waals surface area contributed by atoms with Gasteiger partial charge in [0.2, 0.25) is 0 Å². The van der Waals surface area contributed by atoms with E-state index in [0.717, 1.165) is 41.4 Å². The van der Waals surface area contributed by atoms with Gasteiger partial charge in [0.1, 0.15) is 11.5 Å². The number of carbonyl (C=O) groups is 2. The number of nitrogens with zero attached hydrogens (tertiary/aromatic N) is 1. The van der Waals surface area contributed by atoms with Crippen molar-refractivity contribution >= 4 is 34.1 Å². The number of hydrogen-bond acceptors (Lipinski definition) is 4. The van der Waals surface area contributed by atoms with E-state index >= 15 is 0 Å². The highest BCUT2D eigenvalue weighted by Gasteiger charge is 2.36. The molecule has 1 heterocycles. The molecular weight excluding hydrogens is 711 g/mol. The normalized spacial score (nSPS) is 15.9. The molecular formula is C54H47NO3. The van der Waals surface area contributed by atoms with E-state index in [1.807, 2.05) is 55.5 Å². The van der Waals surface area contributed by atoms with Gasteiger partial charge in [0.15, 0.2) is 11.6 Å². The van der Waals surface area contributed by atoms with Crippen LogP contribution in [-0.2, 0) is 11.3 Å². The van der Waals surface area contributed by atoms with E-state index in [1.165, 1.54) is 33.4 Å². The Morgan fingerprint density at radius 1 is 0.690 bits per heavy atom. The molecule has 4 heteroatoms. The maximum absolute atomic E-state index is 13.5. The van der Waals surface area contributed by atoms with Crippen LogP contribution in [0, 0.1) is 5.92 Å². The Bertz CT molecular complexity index is 2610. The summed E-state index contributed by atoms with van der Waals surface area (Å²) >= 11 is 0. The first-order valence-corrected chi connectivity index (χ1v) is 20.5. The third-order valence-corrected chi connectivity index (χ3v) is 12.3. The molecule has 3 aliphatic rings. The van der Waals surface area contributed by atoms with Crippen LogP contribution in [0.15, 0.2) is 174 Å². The Morgan fingerprint density at radius 2 is 1.28 bits per heavy atom. The van der Waals surface area contributed by atoms with Crippen LogP contribution in [0.1, 0.15) is 94.0 Å². The van der Waals surface area contributed by atoms with Gasteiger partial charge in [-0.3, -0.25) is 9.59 Å². The Kier molecular flexibility index (Phi) is 9.87. The van der Waals surface area contributed by atoms with Crippen molar-refractivity contribution in [1.82, 2.24) is 0 Å². The lowest BCUT2D eigenvalue weighted by Crippen LogP contribution is -2.16. The summed E-state index contributed by atoms with van der Waals surface area (Å²) in [5.74, 6) is 2.19. The number of benzene rings is 6. The second-order valence-electron chi connectivity index (χ2n) is 16.1. The highest BCUT2D eigenvalue weighted by Crippen LogP contribution is 2.50. The monoisotopic (exact) mass is 757 g/mol. The molecule has 0 spiro atoms. The zero-order valence-corrected chi connectivity index (χ0v) is 33.5. The third-order valence-electron chi connectivity index (χ3n) is 12.3. The van der Waals surface area contributed by atoms with E-state index in [4.69, 9.17) is 4.74 Å². The van der Waals surface area contributed by atoms with Gasteiger partial charge in [0, 0.05) is 36.3 Å². The molecule has 0 aromatic heterocycles. The molecule has 1 aliphatic heterocycles. The molecule has 0 N–H and O–H groups in total. The number of rotatable bonds is 10. The predicted octanol–water partition coefficient (Wildman–Crippen LogP) is 13.0. The Labute approximate surface area is 341 Å². The molecule has 2 atom stereocenters. The highest BCUT2D eigenvalue weighted by molar-refractivity contribution is 6.41. The number of allylic oxidation sites excluding steroid dienone is 6. The van der Waals surface area contributed by atoms with Gasteiger partial charge < -0.3 is 9.64 Å². The lowest BCUT2D eigenvalue weighted by atomic mass is 9.76. The fourth-order valence-electron chi connectivity index (χ4n) is 9.30. The van der Waals surface area contributed by atoms with Crippen molar-refractivity contribution in [3.63, 3.8) is 0 Å². The fraction of sp³-hybridized carbons (Fsp3) is 0.185. The van der Waals surface area contributed by atoms with Gasteiger partial charge >= 0.3 is 0 Å². The Balaban J connectivity index is 0.841. The highest BCUT2D eigenvalue weighted by atomic mass is 16.5. The molecule has 0 bridgehead atoms. The van der Waals surface area contributed by atoms with Crippen molar-refractivity contribution < 1.29 is 14.3 Å². The van der Waals surface area contributed by atoms with Crippen LogP contribution in [0.5, 0.6) is 0 Å². The minimum Gasteiger partial charge on any atom is -0.462 e. The molecule has 0 amide bonds. The summed E-state index contributed by atoms with van der Waals surface area (Å²) in [6.45, 7) is 7.37. The molecule has 9 rings (SSSR count). The van der Waals surface area contributed by atoms with Gasteiger partial charge in [-0.2, -0.15) is 0 Å². The first-order chi connectivity index (χ1) is 28.2. The summed E-state index contributed by atoms with van der Waals surface area (Å²) in [5, 5.41) is 1.88. The third kappa shape index (κ3) is 6.94. The standard InChI is InChI=1S/C54H47NO3/c1-5-38(51-47-16-10-8-14-45(47)46-15-9-11-17-48(46)51)28-34(2)39-23-18-37(19-24-39)33-55(4)43-25-20-36(21-26-43)22-27-44-30-42(29-35(3)58-44)52-53(56)49-31-40-12-6-7-13-41(40)32-50(49)54(52)57/h6-27,29-32,34,38,51H,5,28,33H2,1-4H3/b27-22+. The molecule has 2 aliphatic carbocycles. The van der Waals surface area contributed by atoms with Crippen molar-refractivity contribution in [2.75, 3.05) is 11.9 Å². The van der Waals surface area contributed by atoms with Crippen molar-refractivity contribution in [2.24, 2.45) is 5.92 Å². The van der Waals surface area contributed by atoms with Gasteiger partial charge in [0.25, 0.3) is 0 Å². The van der Waals surface area contributed by atoms with Crippen LogP contribution < -0.4 is 4.90 Å². The average Bonchev–Trinajstić information content (AvgIpc) is 3.71. The number of carbonyl (C=O) groups excluding carboxylic acids is 2. The number of anilines is 1. The first-order valence-electron chi connectivity index (χ1n) is 20.5. The molecule has 58 heavy (non-hydrogen) atoms. The van der Waals surface area contributed by atoms with Crippen molar-refractivity contribution in [2.45, 2.75) is 52.0 Å². The van der Waals surface area contributed by atoms with E-state index in [-0.39, 0.29) is 17.1 Å². The van der Waals surface area contributed by atoms with Crippen LogP contribution in [0.25, 0.3) is 28.0 Å². The second kappa shape index (κ2) is 15.4. The Hall–Kier alpha value is -6.52. The van der Waals surface area contributed by atoms with Gasteiger partial charge in [-0.15, -0.1) is 0 Å². The number of fused-ring (bicyclic) bond motifs is 5. The topological polar surface area (TPSA) is 46.6 Å². The summed E-state index contributed by atoms with van der Waals surface area (Å²) in [4.78, 5) is 29.3. The van der Waals surface area contributed by atoms with Crippen molar-refractivity contribution in [3.05, 3.63) is 213 Å². The Morgan fingerprint density at radius 3 is 1.88 bits per heavy atom. The summed E-state index contributed by atoms with van der Waals surface area (Å²) < 4.78 is 6.00. The maximum atomic E-state index is 13.5. The van der Waals surface area contributed by atoms with Gasteiger partial charge in [-0.1, -0.05) is 136 Å². The van der Waals surface area contributed by atoms with Crippen LogP contribution >= 0.6 is 0 Å². The predicted molar refractivity (Wildman–Crippen MR) is 237 cm³/mol. The van der Waals surface area contributed by atoms with Crippen molar-refractivity contribution in [1.29, 1.82) is 0 Å². The molecule has 4 nitrogen and oxygen atoms in total. The zero-order chi connectivity index (χ0) is 39.9. The smallest absolute Gasteiger partial charge is 0.198 e. The molecule has 2 unspecified atom stereocenters. The summed E-state index contributed by atoms with van der Waals surface area (Å²) in [5.41, 5.74) is 12.3. The quantitative estimate of drug-likeness (QED) is 0.103. The molecule has 0 saturated carbocycles. The summed E-state index contributed by atoms with van der Waals surface area (Å²) in [6, 6.07) is 47.1. The van der Waals surface area contributed by atoms with Gasteiger partial charge in [-0.25, -0.2) is 0 Å². The second-order valence-corrected chi connectivity index (χ2v) is 16.1. The summed E-state index contributed by atoms with van der Waals surface area (Å²) in [6.07, 6.45) is 9.72. The van der Waals surface area contributed by atoms with Crippen LogP contribution in [0.2, 0.25) is 0 Å². The first kappa shape index (κ1) is 37.1. The number of hydrogen-bond donors (Lipinski definition) is 0. The number of ether oxygens (including phenoxy) is 1. The van der Waals surface area contributed by atoms with Gasteiger partial charge in [-0.05, 0) is 123 Å². The molecule has 0 saturated heterocycles. The molecule has 6 aromatic carbocycles. The number of Topliss-reactive ketones (excluding diaryl/α,β-unsaturated/α-hetero) is 2. The minimum absolute atomic E-state index is 0.192. The van der Waals surface area contributed by atoms with E-state index in [1.54, 1.807) is 12.2 Å². The lowest BCUT2D eigenvalue weighted by molar-refractivity contribution is 0.0987. The minimum atomic E-state index is -0.241. The van der Waals surface area contributed by atoms with Crippen molar-refractivity contribution in [3.8, 4) is 11.1 Å². The maximum Gasteiger partial charge on any atom is 0.198 e. The summed E-state index contributed by atoms with van der Waals surface area (Å²) in [7, 11) is 2.13. The number of ketones is 2. The fourth-order valence-corrected chi connectivity index (χ4v) is 9.30. The van der Waals surface area contributed by atoms with E-state index in [2.05, 4.69) is 123 Å². The average molecular weight is 758 g/mol. The van der Waals surface area contributed by atoms with Gasteiger partial charge in [0.05, 0.1) is 5.57 Å². The van der Waals surface area contributed by atoms with E-state index in [9.17, 15) is 9.59 Å². The molecule has 0 radical (unpaired) electrons. The van der Waals surface area contributed by atoms with Crippen LogP contribution in [-0.4, -0.2) is 18.6 Å². The largest absolute Gasteiger partial charge is 0.462 e. The van der Waals surface area contributed by atoms with Crippen LogP contribution in [0.4, 0.5) is 5.69 Å². The van der Waals surface area contributed by atoms with E-state index < -0.39 is 0 Å². The SMILES string of the molecule is CCC(CC(C)c1ccc(CN(C)c2ccc(/C=C/C3=CC(=C4C(=O)c5cc6ccccc6cc5C4=O)C=C(C)O3)cc2)cc1)C1c2ccccc2-c2ccccc21. The lowest BCUT2D eigenvalue weighted by Gasteiger charge is -2.28.